The summed E-state index contributed by atoms with van der Waals surface area (Å²) in [5, 5.41) is 3.90. The number of carbonyl (C=O) groups excluding carboxylic acids is 2. The van der Waals surface area contributed by atoms with Gasteiger partial charge in [0.2, 0.25) is 5.91 Å². The van der Waals surface area contributed by atoms with Gasteiger partial charge in [-0.15, -0.1) is 0 Å². The fraction of sp³-hybridized carbons (Fsp3) is 0.706. The Hall–Kier alpha value is -1.85. The normalized spacial score (nSPS) is 28.0. The smallest absolute Gasteiger partial charge is 0.260 e. The lowest BCUT2D eigenvalue weighted by molar-refractivity contribution is -0.146. The van der Waals surface area contributed by atoms with Crippen LogP contribution in [0.3, 0.4) is 0 Å². The fourth-order valence-electron chi connectivity index (χ4n) is 4.33. The van der Waals surface area contributed by atoms with Gasteiger partial charge in [-0.2, -0.15) is 0 Å². The van der Waals surface area contributed by atoms with E-state index < -0.39 is 5.54 Å². The molecule has 1 spiro atoms. The molecule has 6 nitrogen and oxygen atoms in total. The summed E-state index contributed by atoms with van der Waals surface area (Å²) in [6, 6.07) is 0.413. The predicted molar refractivity (Wildman–Crippen MR) is 82.9 cm³/mol. The van der Waals surface area contributed by atoms with Crippen molar-refractivity contribution in [3.63, 3.8) is 0 Å². The minimum Gasteiger partial charge on any atom is -0.361 e. The van der Waals surface area contributed by atoms with Crippen molar-refractivity contribution in [1.29, 1.82) is 0 Å². The molecule has 3 aliphatic rings. The first-order valence-electron chi connectivity index (χ1n) is 8.60. The van der Waals surface area contributed by atoms with Crippen LogP contribution in [0, 0.1) is 13.8 Å². The number of likely N-dealkylation sites (tertiary alicyclic amines) is 2. The quantitative estimate of drug-likeness (QED) is 0.837. The summed E-state index contributed by atoms with van der Waals surface area (Å²) in [7, 11) is 0. The molecule has 6 heteroatoms. The second-order valence-corrected chi connectivity index (χ2v) is 7.12. The molecule has 1 unspecified atom stereocenters. The third-order valence-electron chi connectivity index (χ3n) is 5.62. The average molecular weight is 317 g/mol. The topological polar surface area (TPSA) is 66.7 Å². The van der Waals surface area contributed by atoms with Crippen LogP contribution in [0.15, 0.2) is 4.52 Å². The van der Waals surface area contributed by atoms with Crippen LogP contribution in [-0.4, -0.2) is 51.4 Å². The first kappa shape index (κ1) is 14.7. The van der Waals surface area contributed by atoms with Crippen molar-refractivity contribution < 1.29 is 14.1 Å². The summed E-state index contributed by atoms with van der Waals surface area (Å²) < 4.78 is 5.16. The van der Waals surface area contributed by atoms with Gasteiger partial charge in [-0.3, -0.25) is 9.59 Å². The van der Waals surface area contributed by atoms with Crippen LogP contribution in [0.4, 0.5) is 0 Å². The minimum absolute atomic E-state index is 0.0928. The summed E-state index contributed by atoms with van der Waals surface area (Å²) in [4.78, 5) is 30.1. The Balaban J connectivity index is 1.68. The van der Waals surface area contributed by atoms with E-state index in [0.29, 0.717) is 29.6 Å². The maximum atomic E-state index is 13.2. The van der Waals surface area contributed by atoms with Gasteiger partial charge in [0.05, 0.1) is 5.69 Å². The Bertz CT molecular complexity index is 645. The molecule has 4 rings (SSSR count). The fourth-order valence-corrected chi connectivity index (χ4v) is 4.33. The number of hydrogen-bond acceptors (Lipinski definition) is 4. The maximum absolute atomic E-state index is 13.2. The second-order valence-electron chi connectivity index (χ2n) is 7.12. The Labute approximate surface area is 135 Å². The molecule has 2 saturated heterocycles. The van der Waals surface area contributed by atoms with Crippen LogP contribution in [0.2, 0.25) is 0 Å². The highest BCUT2D eigenvalue weighted by atomic mass is 16.5. The zero-order valence-corrected chi connectivity index (χ0v) is 13.8. The van der Waals surface area contributed by atoms with Gasteiger partial charge in [-0.1, -0.05) is 5.16 Å². The average Bonchev–Trinajstić information content (AvgIpc) is 3.20. The van der Waals surface area contributed by atoms with Crippen molar-refractivity contribution >= 4 is 11.8 Å². The molecule has 1 aromatic heterocycles. The van der Waals surface area contributed by atoms with Crippen LogP contribution < -0.4 is 0 Å². The molecule has 1 aliphatic carbocycles. The molecular weight excluding hydrogens is 294 g/mol. The van der Waals surface area contributed by atoms with E-state index in [2.05, 4.69) is 5.16 Å². The molecule has 23 heavy (non-hydrogen) atoms. The SMILES string of the molecule is Cc1noc(C)c1C(=O)N1CCCC12CCCN(C1CC1)C2=O. The van der Waals surface area contributed by atoms with Crippen molar-refractivity contribution in [3.8, 4) is 0 Å². The summed E-state index contributed by atoms with van der Waals surface area (Å²) in [6.07, 6.45) is 5.65. The lowest BCUT2D eigenvalue weighted by Gasteiger charge is -2.44. The summed E-state index contributed by atoms with van der Waals surface area (Å²) >= 11 is 0. The highest BCUT2D eigenvalue weighted by Crippen LogP contribution is 2.42. The molecule has 0 radical (unpaired) electrons. The van der Waals surface area contributed by atoms with Gasteiger partial charge < -0.3 is 14.3 Å². The van der Waals surface area contributed by atoms with Gasteiger partial charge in [0.25, 0.3) is 5.91 Å². The Morgan fingerprint density at radius 1 is 1.22 bits per heavy atom. The van der Waals surface area contributed by atoms with E-state index in [0.717, 1.165) is 45.1 Å². The Kier molecular flexibility index (Phi) is 3.25. The largest absolute Gasteiger partial charge is 0.361 e. The molecule has 2 amide bonds. The molecule has 0 N–H and O–H groups in total. The number of piperidine rings is 1. The monoisotopic (exact) mass is 317 g/mol. The van der Waals surface area contributed by atoms with E-state index >= 15 is 0 Å². The van der Waals surface area contributed by atoms with E-state index in [1.165, 1.54) is 0 Å². The van der Waals surface area contributed by atoms with E-state index in [-0.39, 0.29) is 11.8 Å². The molecule has 3 heterocycles. The zero-order chi connectivity index (χ0) is 16.2. The molecule has 124 valence electrons. The first-order chi connectivity index (χ1) is 11.0. The van der Waals surface area contributed by atoms with Crippen LogP contribution in [-0.2, 0) is 4.79 Å². The number of aromatic nitrogens is 1. The van der Waals surface area contributed by atoms with E-state index in [1.807, 2.05) is 9.80 Å². The molecule has 3 fully saturated rings. The summed E-state index contributed by atoms with van der Waals surface area (Å²) in [6.45, 7) is 5.03. The highest BCUT2D eigenvalue weighted by molar-refractivity contribution is 6.01. The van der Waals surface area contributed by atoms with Crippen molar-refractivity contribution in [2.75, 3.05) is 13.1 Å². The molecule has 0 aromatic carbocycles. The van der Waals surface area contributed by atoms with Crippen molar-refractivity contribution in [1.82, 2.24) is 15.0 Å². The van der Waals surface area contributed by atoms with Gasteiger partial charge in [-0.05, 0) is 52.4 Å². The molecule has 1 atom stereocenters. The Morgan fingerprint density at radius 3 is 2.52 bits per heavy atom. The lowest BCUT2D eigenvalue weighted by atomic mass is 9.84. The zero-order valence-electron chi connectivity index (χ0n) is 13.8. The van der Waals surface area contributed by atoms with Crippen LogP contribution in [0.1, 0.15) is 60.3 Å². The van der Waals surface area contributed by atoms with Crippen LogP contribution >= 0.6 is 0 Å². The number of nitrogens with zero attached hydrogens (tertiary/aromatic N) is 3. The Morgan fingerprint density at radius 2 is 1.91 bits per heavy atom. The molecule has 1 saturated carbocycles. The second kappa shape index (κ2) is 5.08. The number of rotatable bonds is 2. The molecule has 1 aromatic rings. The number of amides is 2. The number of carbonyl (C=O) groups is 2. The maximum Gasteiger partial charge on any atom is 0.260 e. The van der Waals surface area contributed by atoms with Gasteiger partial charge in [0.15, 0.2) is 0 Å². The van der Waals surface area contributed by atoms with E-state index in [4.69, 9.17) is 4.52 Å². The summed E-state index contributed by atoms with van der Waals surface area (Å²) in [5.41, 5.74) is 0.508. The number of aryl methyl sites for hydroxylation is 2. The third-order valence-corrected chi connectivity index (χ3v) is 5.62. The van der Waals surface area contributed by atoms with Crippen molar-refractivity contribution in [3.05, 3.63) is 17.0 Å². The van der Waals surface area contributed by atoms with Gasteiger partial charge >= 0.3 is 0 Å². The molecule has 2 aliphatic heterocycles. The van der Waals surface area contributed by atoms with Gasteiger partial charge in [-0.25, -0.2) is 0 Å². The standard InChI is InChI=1S/C17H23N3O3/c1-11-14(12(2)23-18-11)15(21)20-10-4-8-17(20)7-3-9-19(16(17)22)13-5-6-13/h13H,3-10H2,1-2H3. The number of hydrogen-bond donors (Lipinski definition) is 0. The van der Waals surface area contributed by atoms with E-state index in [9.17, 15) is 9.59 Å². The van der Waals surface area contributed by atoms with Crippen molar-refractivity contribution in [2.45, 2.75) is 64.0 Å². The van der Waals surface area contributed by atoms with Crippen molar-refractivity contribution in [2.24, 2.45) is 0 Å². The van der Waals surface area contributed by atoms with E-state index in [1.54, 1.807) is 13.8 Å². The van der Waals surface area contributed by atoms with Crippen LogP contribution in [0.5, 0.6) is 0 Å². The highest BCUT2D eigenvalue weighted by Gasteiger charge is 2.55. The summed E-state index contributed by atoms with van der Waals surface area (Å²) in [5.74, 6) is 0.616. The minimum atomic E-state index is -0.631. The lowest BCUT2D eigenvalue weighted by Crippen LogP contribution is -2.61. The predicted octanol–water partition coefficient (Wildman–Crippen LogP) is 2.05. The third kappa shape index (κ3) is 2.11. The first-order valence-corrected chi connectivity index (χ1v) is 8.60. The molecular formula is C17H23N3O3. The molecule has 0 bridgehead atoms. The van der Waals surface area contributed by atoms with Gasteiger partial charge in [0.1, 0.15) is 16.9 Å². The van der Waals surface area contributed by atoms with Crippen LogP contribution in [0.25, 0.3) is 0 Å². The van der Waals surface area contributed by atoms with Gasteiger partial charge in [0, 0.05) is 19.1 Å².